The molecule has 1 aliphatic heterocycles. The van der Waals surface area contributed by atoms with Crippen molar-refractivity contribution in [3.63, 3.8) is 0 Å². The summed E-state index contributed by atoms with van der Waals surface area (Å²) in [4.78, 5) is 12.9. The van der Waals surface area contributed by atoms with E-state index in [1.54, 1.807) is 11.9 Å². The minimum Gasteiger partial charge on any atom is -0.320 e. The molecular formula is C8H13NO. The molecule has 56 valence electrons. The molecule has 10 heavy (non-hydrogen) atoms. The fourth-order valence-corrected chi connectivity index (χ4v) is 1.16. The molecule has 1 atom stereocenters. The maximum Gasteiger partial charge on any atom is 0.229 e. The molecule has 0 spiro atoms. The zero-order valence-electron chi connectivity index (χ0n) is 6.55. The smallest absolute Gasteiger partial charge is 0.229 e. The molecule has 1 saturated heterocycles. The van der Waals surface area contributed by atoms with E-state index in [1.807, 2.05) is 6.92 Å². The predicted octanol–water partition coefficient (Wildman–Crippen LogP) is 1.39. The summed E-state index contributed by atoms with van der Waals surface area (Å²) < 4.78 is 0. The zero-order valence-corrected chi connectivity index (χ0v) is 6.55. The summed E-state index contributed by atoms with van der Waals surface area (Å²) in [6.45, 7) is 5.75. The molecule has 2 heteroatoms. The number of rotatable bonds is 0. The SMILES string of the molecule is C=C1CCC(C)C(=O)N1C. The van der Waals surface area contributed by atoms with Crippen LogP contribution < -0.4 is 0 Å². The normalized spacial score (nSPS) is 27.4. The highest BCUT2D eigenvalue weighted by molar-refractivity contribution is 5.80. The van der Waals surface area contributed by atoms with Gasteiger partial charge in [-0.2, -0.15) is 0 Å². The molecule has 2 nitrogen and oxygen atoms in total. The van der Waals surface area contributed by atoms with E-state index >= 15 is 0 Å². The molecule has 0 bridgehead atoms. The summed E-state index contributed by atoms with van der Waals surface area (Å²) in [6, 6.07) is 0. The van der Waals surface area contributed by atoms with Crippen LogP contribution in [0.3, 0.4) is 0 Å². The lowest BCUT2D eigenvalue weighted by molar-refractivity contribution is -0.133. The highest BCUT2D eigenvalue weighted by Gasteiger charge is 2.24. The van der Waals surface area contributed by atoms with Crippen LogP contribution in [-0.2, 0) is 4.79 Å². The third-order valence-electron chi connectivity index (χ3n) is 2.09. The lowest BCUT2D eigenvalue weighted by Gasteiger charge is -2.28. The Morgan fingerprint density at radius 1 is 1.70 bits per heavy atom. The van der Waals surface area contributed by atoms with Gasteiger partial charge in [-0.05, 0) is 12.8 Å². The van der Waals surface area contributed by atoms with Gasteiger partial charge in [0.05, 0.1) is 0 Å². The van der Waals surface area contributed by atoms with Crippen LogP contribution in [0.5, 0.6) is 0 Å². The first-order valence-corrected chi connectivity index (χ1v) is 3.58. The molecule has 0 N–H and O–H groups in total. The number of nitrogens with zero attached hydrogens (tertiary/aromatic N) is 1. The van der Waals surface area contributed by atoms with Crippen LogP contribution in [-0.4, -0.2) is 17.9 Å². The molecule has 0 aromatic rings. The van der Waals surface area contributed by atoms with E-state index < -0.39 is 0 Å². The van der Waals surface area contributed by atoms with Crippen molar-refractivity contribution in [3.8, 4) is 0 Å². The standard InChI is InChI=1S/C8H13NO/c1-6-4-5-7(2)9(3)8(6)10/h6H,2,4-5H2,1,3H3. The predicted molar refractivity (Wildman–Crippen MR) is 40.3 cm³/mol. The monoisotopic (exact) mass is 139 g/mol. The van der Waals surface area contributed by atoms with E-state index in [-0.39, 0.29) is 11.8 Å². The maximum absolute atomic E-state index is 11.2. The van der Waals surface area contributed by atoms with Crippen molar-refractivity contribution in [2.45, 2.75) is 19.8 Å². The molecule has 0 aliphatic carbocycles. The quantitative estimate of drug-likeness (QED) is 0.496. The van der Waals surface area contributed by atoms with E-state index in [4.69, 9.17) is 0 Å². The number of carbonyl (C=O) groups is 1. The fourth-order valence-electron chi connectivity index (χ4n) is 1.16. The van der Waals surface area contributed by atoms with Crippen molar-refractivity contribution >= 4 is 5.91 Å². The Hall–Kier alpha value is -0.790. The van der Waals surface area contributed by atoms with Crippen molar-refractivity contribution in [3.05, 3.63) is 12.3 Å². The molecular weight excluding hydrogens is 126 g/mol. The van der Waals surface area contributed by atoms with Crippen LogP contribution in [0.4, 0.5) is 0 Å². The fraction of sp³-hybridized carbons (Fsp3) is 0.625. The lowest BCUT2D eigenvalue weighted by Crippen LogP contribution is -2.34. The highest BCUT2D eigenvalue weighted by Crippen LogP contribution is 2.22. The summed E-state index contributed by atoms with van der Waals surface area (Å²) in [5.74, 6) is 0.395. The second-order valence-electron chi connectivity index (χ2n) is 2.90. The zero-order chi connectivity index (χ0) is 7.72. The summed E-state index contributed by atoms with van der Waals surface area (Å²) in [6.07, 6.45) is 1.92. The van der Waals surface area contributed by atoms with Crippen molar-refractivity contribution in [1.82, 2.24) is 4.90 Å². The average molecular weight is 139 g/mol. The Bertz CT molecular complexity index is 174. The van der Waals surface area contributed by atoms with Gasteiger partial charge in [-0.1, -0.05) is 13.5 Å². The number of allylic oxidation sites excluding steroid dienone is 1. The van der Waals surface area contributed by atoms with Gasteiger partial charge < -0.3 is 4.90 Å². The third-order valence-corrected chi connectivity index (χ3v) is 2.09. The number of carbonyl (C=O) groups excluding carboxylic acids is 1. The van der Waals surface area contributed by atoms with E-state index in [0.29, 0.717) is 0 Å². The molecule has 1 rings (SSSR count). The van der Waals surface area contributed by atoms with Crippen LogP contribution in [0.15, 0.2) is 12.3 Å². The Labute approximate surface area is 61.5 Å². The van der Waals surface area contributed by atoms with Gasteiger partial charge in [0, 0.05) is 18.7 Å². The van der Waals surface area contributed by atoms with Gasteiger partial charge in [-0.15, -0.1) is 0 Å². The van der Waals surface area contributed by atoms with Gasteiger partial charge in [0.15, 0.2) is 0 Å². The number of hydrogen-bond donors (Lipinski definition) is 0. The summed E-state index contributed by atoms with van der Waals surface area (Å²) >= 11 is 0. The van der Waals surface area contributed by atoms with Crippen LogP contribution in [0.25, 0.3) is 0 Å². The summed E-state index contributed by atoms with van der Waals surface area (Å²) in [5, 5.41) is 0. The van der Waals surface area contributed by atoms with Crippen molar-refractivity contribution in [2.24, 2.45) is 5.92 Å². The minimum atomic E-state index is 0.190. The Morgan fingerprint density at radius 2 is 2.30 bits per heavy atom. The maximum atomic E-state index is 11.2. The van der Waals surface area contributed by atoms with Gasteiger partial charge in [0.25, 0.3) is 0 Å². The van der Waals surface area contributed by atoms with Crippen molar-refractivity contribution in [2.75, 3.05) is 7.05 Å². The van der Waals surface area contributed by atoms with E-state index in [0.717, 1.165) is 18.5 Å². The lowest BCUT2D eigenvalue weighted by atomic mass is 9.98. The Kier molecular flexibility index (Phi) is 1.79. The van der Waals surface area contributed by atoms with Gasteiger partial charge in [0.1, 0.15) is 0 Å². The molecule has 1 unspecified atom stereocenters. The van der Waals surface area contributed by atoms with Gasteiger partial charge >= 0.3 is 0 Å². The molecule has 1 heterocycles. The molecule has 0 saturated carbocycles. The van der Waals surface area contributed by atoms with Crippen LogP contribution in [0.1, 0.15) is 19.8 Å². The number of amides is 1. The average Bonchev–Trinajstić information content (AvgIpc) is 1.93. The first-order chi connectivity index (χ1) is 4.63. The second-order valence-corrected chi connectivity index (χ2v) is 2.90. The molecule has 1 aliphatic rings. The van der Waals surface area contributed by atoms with E-state index in [2.05, 4.69) is 6.58 Å². The van der Waals surface area contributed by atoms with Crippen LogP contribution >= 0.6 is 0 Å². The molecule has 0 aromatic carbocycles. The number of hydrogen-bond acceptors (Lipinski definition) is 1. The van der Waals surface area contributed by atoms with E-state index in [1.165, 1.54) is 0 Å². The topological polar surface area (TPSA) is 20.3 Å². The third kappa shape index (κ3) is 1.06. The Balaban J connectivity index is 2.70. The van der Waals surface area contributed by atoms with Gasteiger partial charge in [-0.25, -0.2) is 0 Å². The largest absolute Gasteiger partial charge is 0.320 e. The summed E-state index contributed by atoms with van der Waals surface area (Å²) in [5.41, 5.74) is 0.947. The molecule has 1 amide bonds. The van der Waals surface area contributed by atoms with E-state index in [9.17, 15) is 4.79 Å². The van der Waals surface area contributed by atoms with Gasteiger partial charge in [0.2, 0.25) is 5.91 Å². The number of piperidine rings is 1. The minimum absolute atomic E-state index is 0.190. The molecule has 0 aromatic heterocycles. The molecule has 0 radical (unpaired) electrons. The van der Waals surface area contributed by atoms with Crippen molar-refractivity contribution in [1.29, 1.82) is 0 Å². The van der Waals surface area contributed by atoms with Crippen molar-refractivity contribution < 1.29 is 4.79 Å². The number of likely N-dealkylation sites (tertiary alicyclic amines) is 1. The van der Waals surface area contributed by atoms with Crippen LogP contribution in [0.2, 0.25) is 0 Å². The molecule has 1 fully saturated rings. The highest BCUT2D eigenvalue weighted by atomic mass is 16.2. The Morgan fingerprint density at radius 3 is 2.80 bits per heavy atom. The van der Waals surface area contributed by atoms with Crippen LogP contribution in [0, 0.1) is 5.92 Å². The summed E-state index contributed by atoms with van der Waals surface area (Å²) in [7, 11) is 1.79. The van der Waals surface area contributed by atoms with Gasteiger partial charge in [-0.3, -0.25) is 4.79 Å². The first kappa shape index (κ1) is 7.32. The second kappa shape index (κ2) is 2.45. The first-order valence-electron chi connectivity index (χ1n) is 3.58.